The zero-order valence-corrected chi connectivity index (χ0v) is 19.4. The third kappa shape index (κ3) is 6.39. The van der Waals surface area contributed by atoms with E-state index in [-0.39, 0.29) is 23.5 Å². The van der Waals surface area contributed by atoms with Crippen molar-refractivity contribution in [3.05, 3.63) is 78.4 Å². The lowest BCUT2D eigenvalue weighted by molar-refractivity contribution is -0.123. The largest absolute Gasteiger partial charge is 0.497 e. The van der Waals surface area contributed by atoms with Crippen molar-refractivity contribution in [1.82, 2.24) is 5.32 Å². The molecular formula is C24H26N2O6S. The van der Waals surface area contributed by atoms with E-state index in [9.17, 15) is 13.2 Å². The minimum atomic E-state index is -3.79. The zero-order chi connectivity index (χ0) is 23.8. The van der Waals surface area contributed by atoms with Gasteiger partial charge in [-0.2, -0.15) is 0 Å². The number of para-hydroxylation sites is 1. The van der Waals surface area contributed by atoms with Crippen molar-refractivity contribution in [3.63, 3.8) is 0 Å². The predicted molar refractivity (Wildman–Crippen MR) is 125 cm³/mol. The van der Waals surface area contributed by atoms with Gasteiger partial charge in [-0.25, -0.2) is 8.42 Å². The maximum atomic E-state index is 12.6. The number of ether oxygens (including phenoxy) is 3. The van der Waals surface area contributed by atoms with Crippen LogP contribution in [0, 0.1) is 0 Å². The van der Waals surface area contributed by atoms with Crippen LogP contribution in [0.3, 0.4) is 0 Å². The van der Waals surface area contributed by atoms with Gasteiger partial charge in [0.25, 0.3) is 15.9 Å². The Morgan fingerprint density at radius 1 is 0.909 bits per heavy atom. The van der Waals surface area contributed by atoms with Crippen molar-refractivity contribution in [2.24, 2.45) is 0 Å². The van der Waals surface area contributed by atoms with Gasteiger partial charge in [0.05, 0.1) is 30.8 Å². The molecule has 0 aliphatic carbocycles. The second-order valence-electron chi connectivity index (χ2n) is 7.13. The van der Waals surface area contributed by atoms with Gasteiger partial charge >= 0.3 is 0 Å². The van der Waals surface area contributed by atoms with E-state index in [1.807, 2.05) is 31.2 Å². The number of anilines is 1. The lowest BCUT2D eigenvalue weighted by Gasteiger charge is -2.17. The van der Waals surface area contributed by atoms with E-state index in [2.05, 4.69) is 10.0 Å². The molecular weight excluding hydrogens is 444 g/mol. The molecule has 0 fully saturated rings. The first-order chi connectivity index (χ1) is 15.8. The van der Waals surface area contributed by atoms with Crippen LogP contribution in [-0.4, -0.2) is 35.2 Å². The highest BCUT2D eigenvalue weighted by atomic mass is 32.2. The first kappa shape index (κ1) is 23.9. The number of carbonyl (C=O) groups is 1. The Kier molecular flexibility index (Phi) is 7.78. The highest BCUT2D eigenvalue weighted by molar-refractivity contribution is 7.92. The molecule has 0 aromatic heterocycles. The number of methoxy groups -OCH3 is 2. The standard InChI is InChI=1S/C24H26N2O6S/c1-17(22-9-4-5-10-23(22)31-3)25-24(27)16-32-19-11-13-21(14-12-19)33(28,29)26-18-7-6-8-20(15-18)30-2/h4-15,17,26H,16H2,1-3H3,(H,25,27)/t17-/m1/s1. The molecule has 3 rings (SSSR count). The highest BCUT2D eigenvalue weighted by Gasteiger charge is 2.16. The van der Waals surface area contributed by atoms with Crippen LogP contribution in [0.25, 0.3) is 0 Å². The average molecular weight is 471 g/mol. The van der Waals surface area contributed by atoms with Crippen molar-refractivity contribution in [3.8, 4) is 17.2 Å². The summed E-state index contributed by atoms with van der Waals surface area (Å²) in [5.41, 5.74) is 1.24. The average Bonchev–Trinajstić information content (AvgIpc) is 2.82. The van der Waals surface area contributed by atoms with Gasteiger partial charge in [-0.1, -0.05) is 24.3 Å². The summed E-state index contributed by atoms with van der Waals surface area (Å²) in [6.45, 7) is 1.64. The molecule has 3 aromatic carbocycles. The van der Waals surface area contributed by atoms with E-state index in [1.54, 1.807) is 31.4 Å². The Morgan fingerprint density at radius 2 is 1.64 bits per heavy atom. The lowest BCUT2D eigenvalue weighted by atomic mass is 10.1. The van der Waals surface area contributed by atoms with Gasteiger partial charge in [0.1, 0.15) is 17.2 Å². The topological polar surface area (TPSA) is 103 Å². The number of hydrogen-bond donors (Lipinski definition) is 2. The van der Waals surface area contributed by atoms with Crippen LogP contribution in [0.2, 0.25) is 0 Å². The molecule has 1 amide bonds. The molecule has 9 heteroatoms. The summed E-state index contributed by atoms with van der Waals surface area (Å²) in [7, 11) is -0.710. The quantitative estimate of drug-likeness (QED) is 0.468. The fourth-order valence-electron chi connectivity index (χ4n) is 3.15. The monoisotopic (exact) mass is 470 g/mol. The number of nitrogens with one attached hydrogen (secondary N) is 2. The first-order valence-corrected chi connectivity index (χ1v) is 11.6. The highest BCUT2D eigenvalue weighted by Crippen LogP contribution is 2.25. The Labute approximate surface area is 193 Å². The predicted octanol–water partition coefficient (Wildman–Crippen LogP) is 3.76. The van der Waals surface area contributed by atoms with Gasteiger partial charge in [0.2, 0.25) is 0 Å². The molecule has 0 bridgehead atoms. The molecule has 0 saturated carbocycles. The summed E-state index contributed by atoms with van der Waals surface area (Å²) in [6, 6.07) is 19.6. The summed E-state index contributed by atoms with van der Waals surface area (Å²) in [4.78, 5) is 12.4. The zero-order valence-electron chi connectivity index (χ0n) is 18.6. The van der Waals surface area contributed by atoms with Crippen LogP contribution in [-0.2, 0) is 14.8 Å². The minimum Gasteiger partial charge on any atom is -0.497 e. The maximum Gasteiger partial charge on any atom is 0.261 e. The molecule has 1 atom stereocenters. The Hall–Kier alpha value is -3.72. The van der Waals surface area contributed by atoms with Crippen molar-refractivity contribution >= 4 is 21.6 Å². The fourth-order valence-corrected chi connectivity index (χ4v) is 4.20. The molecule has 2 N–H and O–H groups in total. The van der Waals surface area contributed by atoms with Crippen LogP contribution in [0.1, 0.15) is 18.5 Å². The number of amides is 1. The van der Waals surface area contributed by atoms with E-state index in [0.717, 1.165) is 5.56 Å². The van der Waals surface area contributed by atoms with Crippen molar-refractivity contribution in [2.45, 2.75) is 17.9 Å². The normalized spacial score (nSPS) is 11.8. The van der Waals surface area contributed by atoms with Crippen LogP contribution >= 0.6 is 0 Å². The molecule has 8 nitrogen and oxygen atoms in total. The van der Waals surface area contributed by atoms with Gasteiger partial charge < -0.3 is 19.5 Å². The van der Waals surface area contributed by atoms with Crippen LogP contribution in [0.5, 0.6) is 17.2 Å². The van der Waals surface area contributed by atoms with Gasteiger partial charge in [0, 0.05) is 11.6 Å². The molecule has 0 radical (unpaired) electrons. The molecule has 174 valence electrons. The first-order valence-electron chi connectivity index (χ1n) is 10.1. The molecule has 0 aliphatic rings. The molecule has 0 unspecified atom stereocenters. The smallest absolute Gasteiger partial charge is 0.261 e. The second kappa shape index (κ2) is 10.7. The third-order valence-corrected chi connectivity index (χ3v) is 6.21. The van der Waals surface area contributed by atoms with Crippen LogP contribution < -0.4 is 24.2 Å². The molecule has 0 aliphatic heterocycles. The third-order valence-electron chi connectivity index (χ3n) is 4.81. The van der Waals surface area contributed by atoms with Gasteiger partial charge in [-0.15, -0.1) is 0 Å². The minimum absolute atomic E-state index is 0.0620. The summed E-state index contributed by atoms with van der Waals surface area (Å²) in [5.74, 6) is 1.28. The Morgan fingerprint density at radius 3 is 2.33 bits per heavy atom. The van der Waals surface area contributed by atoms with Gasteiger partial charge in [0.15, 0.2) is 6.61 Å². The fraction of sp³-hybridized carbons (Fsp3) is 0.208. The van der Waals surface area contributed by atoms with E-state index >= 15 is 0 Å². The number of benzene rings is 3. The van der Waals surface area contributed by atoms with Crippen LogP contribution in [0.4, 0.5) is 5.69 Å². The summed E-state index contributed by atoms with van der Waals surface area (Å²) in [6.07, 6.45) is 0. The maximum absolute atomic E-state index is 12.6. The SMILES string of the molecule is COc1cccc(NS(=O)(=O)c2ccc(OCC(=O)N[C@H](C)c3ccccc3OC)cc2)c1. The van der Waals surface area contributed by atoms with Crippen molar-refractivity contribution in [1.29, 1.82) is 0 Å². The molecule has 0 saturated heterocycles. The van der Waals surface area contributed by atoms with E-state index in [4.69, 9.17) is 14.2 Å². The molecule has 3 aromatic rings. The van der Waals surface area contributed by atoms with Gasteiger partial charge in [-0.05, 0) is 49.4 Å². The second-order valence-corrected chi connectivity index (χ2v) is 8.81. The van der Waals surface area contributed by atoms with Gasteiger partial charge in [-0.3, -0.25) is 9.52 Å². The summed E-state index contributed by atoms with van der Waals surface area (Å²) in [5, 5.41) is 2.85. The Bertz CT molecular complexity index is 1200. The van der Waals surface area contributed by atoms with E-state index < -0.39 is 10.0 Å². The number of hydrogen-bond acceptors (Lipinski definition) is 6. The van der Waals surface area contributed by atoms with Crippen molar-refractivity contribution in [2.75, 3.05) is 25.5 Å². The van der Waals surface area contributed by atoms with Crippen molar-refractivity contribution < 1.29 is 27.4 Å². The summed E-state index contributed by atoms with van der Waals surface area (Å²) >= 11 is 0. The van der Waals surface area contributed by atoms with E-state index in [0.29, 0.717) is 22.9 Å². The van der Waals surface area contributed by atoms with E-state index in [1.165, 1.54) is 31.4 Å². The number of sulfonamides is 1. The summed E-state index contributed by atoms with van der Waals surface area (Å²) < 4.78 is 43.7. The molecule has 33 heavy (non-hydrogen) atoms. The molecule has 0 spiro atoms. The number of rotatable bonds is 10. The lowest BCUT2D eigenvalue weighted by Crippen LogP contribution is -2.31. The Balaban J connectivity index is 1.57. The number of carbonyl (C=O) groups excluding carboxylic acids is 1. The molecule has 0 heterocycles. The van der Waals surface area contributed by atoms with Crippen LogP contribution in [0.15, 0.2) is 77.7 Å².